The molecule has 0 saturated carbocycles. The van der Waals surface area contributed by atoms with Crippen LogP contribution in [0.4, 0.5) is 11.4 Å². The van der Waals surface area contributed by atoms with Crippen LogP contribution in [0.5, 0.6) is 0 Å². The number of sulfonamides is 1. The Morgan fingerprint density at radius 3 is 2.59 bits per heavy atom. The molecule has 0 radical (unpaired) electrons. The van der Waals surface area contributed by atoms with Crippen molar-refractivity contribution in [2.45, 2.75) is 4.90 Å². The van der Waals surface area contributed by atoms with Crippen molar-refractivity contribution < 1.29 is 13.2 Å². The molecule has 4 N–H and O–H groups in total. The lowest BCUT2D eigenvalue weighted by molar-refractivity contribution is -0.110. The Bertz CT molecular complexity index is 873. The van der Waals surface area contributed by atoms with E-state index in [4.69, 9.17) is 5.14 Å². The van der Waals surface area contributed by atoms with Crippen molar-refractivity contribution in [2.24, 2.45) is 5.14 Å². The smallest absolute Gasteiger partial charge is 0.257 e. The first-order valence-corrected chi connectivity index (χ1v) is 7.85. The van der Waals surface area contributed by atoms with E-state index in [-0.39, 0.29) is 10.8 Å². The van der Waals surface area contributed by atoms with Crippen molar-refractivity contribution in [3.63, 3.8) is 0 Å². The van der Waals surface area contributed by atoms with Gasteiger partial charge in [0.05, 0.1) is 22.4 Å². The van der Waals surface area contributed by atoms with Gasteiger partial charge in [0.15, 0.2) is 0 Å². The summed E-state index contributed by atoms with van der Waals surface area (Å²) in [7, 11) is -3.71. The molecule has 2 aromatic rings. The van der Waals surface area contributed by atoms with Crippen LogP contribution in [0.15, 0.2) is 53.8 Å². The zero-order valence-electron chi connectivity index (χ0n) is 11.3. The number of pyridine rings is 1. The summed E-state index contributed by atoms with van der Waals surface area (Å²) < 4.78 is 22.4. The molecule has 0 aliphatic carbocycles. The minimum atomic E-state index is -3.71. The zero-order valence-corrected chi connectivity index (χ0v) is 12.1. The molecular weight excluding hydrogens is 304 g/mol. The summed E-state index contributed by atoms with van der Waals surface area (Å²) in [5.74, 6) is -0.225. The molecule has 0 atom stereocenters. The third-order valence-corrected chi connectivity index (χ3v) is 4.10. The predicted molar refractivity (Wildman–Crippen MR) is 82.3 cm³/mol. The van der Waals surface area contributed by atoms with E-state index < -0.39 is 10.0 Å². The van der Waals surface area contributed by atoms with Gasteiger partial charge in [-0.3, -0.25) is 9.78 Å². The quantitative estimate of drug-likeness (QED) is 0.735. The summed E-state index contributed by atoms with van der Waals surface area (Å²) >= 11 is 0. The van der Waals surface area contributed by atoms with Crippen molar-refractivity contribution >= 4 is 32.9 Å². The summed E-state index contributed by atoms with van der Waals surface area (Å²) in [6.45, 7) is 0. The second-order valence-corrected chi connectivity index (χ2v) is 6.21. The van der Waals surface area contributed by atoms with Gasteiger partial charge in [0.1, 0.15) is 0 Å². The maximum absolute atomic E-state index is 11.9. The normalized spacial score (nSPS) is 15.5. The fraction of sp³-hybridized carbons (Fsp3) is 0. The Morgan fingerprint density at radius 1 is 1.18 bits per heavy atom. The molecular formula is C14H12N4O3S. The molecule has 1 aliphatic rings. The van der Waals surface area contributed by atoms with Crippen molar-refractivity contribution in [1.82, 2.24) is 4.98 Å². The molecule has 0 spiro atoms. The predicted octanol–water partition coefficient (Wildman–Crippen LogP) is 1.13. The average molecular weight is 316 g/mol. The van der Waals surface area contributed by atoms with Gasteiger partial charge in [0.25, 0.3) is 5.91 Å². The number of carbonyl (C=O) groups excluding carboxylic acids is 1. The van der Waals surface area contributed by atoms with Crippen LogP contribution in [0.1, 0.15) is 5.56 Å². The summed E-state index contributed by atoms with van der Waals surface area (Å²) in [5.41, 5.74) is 2.53. The van der Waals surface area contributed by atoms with E-state index >= 15 is 0 Å². The molecule has 0 saturated heterocycles. The number of anilines is 2. The van der Waals surface area contributed by atoms with Gasteiger partial charge in [-0.05, 0) is 30.3 Å². The number of primary sulfonamides is 1. The van der Waals surface area contributed by atoms with Crippen molar-refractivity contribution in [2.75, 3.05) is 10.6 Å². The lowest BCUT2D eigenvalue weighted by Crippen LogP contribution is -2.11. The average Bonchev–Trinajstić information content (AvgIpc) is 2.80. The maximum Gasteiger partial charge on any atom is 0.257 e. The Morgan fingerprint density at radius 2 is 1.91 bits per heavy atom. The second-order valence-electron chi connectivity index (χ2n) is 4.65. The Hall–Kier alpha value is -2.71. The maximum atomic E-state index is 11.9. The zero-order chi connectivity index (χ0) is 15.7. The molecule has 8 heteroatoms. The molecule has 0 fully saturated rings. The number of benzene rings is 1. The van der Waals surface area contributed by atoms with Crippen molar-refractivity contribution in [3.8, 4) is 0 Å². The molecule has 1 aromatic heterocycles. The van der Waals surface area contributed by atoms with E-state index in [2.05, 4.69) is 15.6 Å². The highest BCUT2D eigenvalue weighted by molar-refractivity contribution is 7.89. The highest BCUT2D eigenvalue weighted by Crippen LogP contribution is 2.30. The first kappa shape index (κ1) is 14.2. The number of aromatic nitrogens is 1. The van der Waals surface area contributed by atoms with E-state index in [1.807, 2.05) is 0 Å². The number of nitrogens with two attached hydrogens (primary N) is 1. The van der Waals surface area contributed by atoms with Gasteiger partial charge in [-0.1, -0.05) is 0 Å². The van der Waals surface area contributed by atoms with Crippen molar-refractivity contribution in [1.29, 1.82) is 0 Å². The lowest BCUT2D eigenvalue weighted by Gasteiger charge is -2.04. The monoisotopic (exact) mass is 316 g/mol. The van der Waals surface area contributed by atoms with Crippen LogP contribution in [0.3, 0.4) is 0 Å². The van der Waals surface area contributed by atoms with Crippen LogP contribution >= 0.6 is 0 Å². The third kappa shape index (κ3) is 2.69. The molecule has 1 aromatic carbocycles. The molecule has 0 bridgehead atoms. The lowest BCUT2D eigenvalue weighted by atomic mass is 10.1. The number of rotatable bonds is 3. The van der Waals surface area contributed by atoms with Crippen LogP contribution < -0.4 is 15.8 Å². The fourth-order valence-corrected chi connectivity index (χ4v) is 2.60. The number of hydrogen-bond donors (Lipinski definition) is 3. The van der Waals surface area contributed by atoms with Gasteiger partial charge in [-0.2, -0.15) is 0 Å². The van der Waals surface area contributed by atoms with Gasteiger partial charge in [-0.15, -0.1) is 0 Å². The number of hydrogen-bond acceptors (Lipinski definition) is 5. The number of carbonyl (C=O) groups is 1. The van der Waals surface area contributed by atoms with Gasteiger partial charge >= 0.3 is 0 Å². The summed E-state index contributed by atoms with van der Waals surface area (Å²) in [4.78, 5) is 15.9. The molecule has 22 heavy (non-hydrogen) atoms. The third-order valence-electron chi connectivity index (χ3n) is 3.17. The number of amides is 1. The Kier molecular flexibility index (Phi) is 3.39. The van der Waals surface area contributed by atoms with E-state index in [1.54, 1.807) is 36.8 Å². The summed E-state index contributed by atoms with van der Waals surface area (Å²) in [6, 6.07) is 7.66. The highest BCUT2D eigenvalue weighted by atomic mass is 32.2. The number of nitrogens with one attached hydrogen (secondary N) is 2. The van der Waals surface area contributed by atoms with Crippen LogP contribution in [-0.2, 0) is 14.8 Å². The second kappa shape index (κ2) is 5.24. The molecule has 2 heterocycles. The van der Waals surface area contributed by atoms with Gasteiger partial charge in [0.2, 0.25) is 10.0 Å². The highest BCUT2D eigenvalue weighted by Gasteiger charge is 2.23. The Labute approximate surface area is 126 Å². The molecule has 7 nitrogen and oxygen atoms in total. The first-order chi connectivity index (χ1) is 10.4. The SMILES string of the molecule is NS(=O)(=O)c1ccc(NC=C2C(=O)Nc3cnccc32)cc1. The first-order valence-electron chi connectivity index (χ1n) is 6.30. The van der Waals surface area contributed by atoms with Gasteiger partial charge < -0.3 is 10.6 Å². The minimum Gasteiger partial charge on any atom is -0.361 e. The van der Waals surface area contributed by atoms with Crippen LogP contribution in [-0.4, -0.2) is 19.3 Å². The standard InChI is InChI=1S/C14H12N4O3S/c15-22(20,21)10-3-1-9(2-4-10)17-7-12-11-5-6-16-8-13(11)18-14(12)19/h1-8,17H,(H,18,19)(H2,15,20,21). The molecule has 1 aliphatic heterocycles. The topological polar surface area (TPSA) is 114 Å². The van der Waals surface area contributed by atoms with Crippen molar-refractivity contribution in [3.05, 3.63) is 54.5 Å². The fourth-order valence-electron chi connectivity index (χ4n) is 2.08. The van der Waals surface area contributed by atoms with Crippen LogP contribution in [0.25, 0.3) is 5.57 Å². The van der Waals surface area contributed by atoms with E-state index in [1.165, 1.54) is 12.1 Å². The van der Waals surface area contributed by atoms with Gasteiger partial charge in [0, 0.05) is 23.6 Å². The molecule has 3 rings (SSSR count). The largest absolute Gasteiger partial charge is 0.361 e. The van der Waals surface area contributed by atoms with E-state index in [9.17, 15) is 13.2 Å². The minimum absolute atomic E-state index is 0.0285. The molecule has 112 valence electrons. The molecule has 1 amide bonds. The summed E-state index contributed by atoms with van der Waals surface area (Å²) in [6.07, 6.45) is 4.75. The number of fused-ring (bicyclic) bond motifs is 1. The number of nitrogens with zero attached hydrogens (tertiary/aromatic N) is 1. The van der Waals surface area contributed by atoms with E-state index in [0.717, 1.165) is 5.56 Å². The van der Waals surface area contributed by atoms with Gasteiger partial charge in [-0.25, -0.2) is 13.6 Å². The van der Waals surface area contributed by atoms with E-state index in [0.29, 0.717) is 16.9 Å². The summed E-state index contributed by atoms with van der Waals surface area (Å²) in [5, 5.41) is 10.7. The molecule has 0 unspecified atom stereocenters. The van der Waals surface area contributed by atoms with Crippen LogP contribution in [0, 0.1) is 0 Å². The Balaban J connectivity index is 1.84. The van der Waals surface area contributed by atoms with Crippen LogP contribution in [0.2, 0.25) is 0 Å².